The molecule has 2 heterocycles. The average molecular weight is 381 g/mol. The maximum absolute atomic E-state index is 13.0. The number of aryl methyl sites for hydroxylation is 3. The zero-order valence-corrected chi connectivity index (χ0v) is 16.7. The van der Waals surface area contributed by atoms with Gasteiger partial charge in [0.1, 0.15) is 0 Å². The highest BCUT2D eigenvalue weighted by molar-refractivity contribution is 7.89. The Balaban J connectivity index is 1.62. The molecule has 0 amide bonds. The second-order valence-corrected chi connectivity index (χ2v) is 9.23. The molecule has 0 atom stereocenters. The van der Waals surface area contributed by atoms with Crippen LogP contribution in [0.25, 0.3) is 16.5 Å². The van der Waals surface area contributed by atoms with E-state index in [9.17, 15) is 8.42 Å². The molecule has 1 N–H and O–H groups in total. The molecule has 1 aliphatic rings. The molecular formula is C22H24N2O2S. The summed E-state index contributed by atoms with van der Waals surface area (Å²) in [5, 5.41) is 1.20. The van der Waals surface area contributed by atoms with Crippen LogP contribution >= 0.6 is 0 Å². The third kappa shape index (κ3) is 3.11. The maximum Gasteiger partial charge on any atom is 0.243 e. The van der Waals surface area contributed by atoms with Gasteiger partial charge < -0.3 is 4.98 Å². The Morgan fingerprint density at radius 3 is 2.52 bits per heavy atom. The molecule has 4 rings (SSSR count). The van der Waals surface area contributed by atoms with E-state index in [4.69, 9.17) is 0 Å². The summed E-state index contributed by atoms with van der Waals surface area (Å²) in [7, 11) is -3.46. The molecule has 0 fully saturated rings. The van der Waals surface area contributed by atoms with Crippen molar-refractivity contribution in [1.29, 1.82) is 0 Å². The Morgan fingerprint density at radius 2 is 1.81 bits per heavy atom. The second-order valence-electron chi connectivity index (χ2n) is 7.29. The van der Waals surface area contributed by atoms with Crippen molar-refractivity contribution in [3.05, 3.63) is 70.9 Å². The molecule has 0 saturated heterocycles. The highest BCUT2D eigenvalue weighted by Crippen LogP contribution is 2.32. The molecule has 0 aliphatic carbocycles. The third-order valence-corrected chi connectivity index (χ3v) is 7.42. The van der Waals surface area contributed by atoms with Gasteiger partial charge in [0.05, 0.1) is 4.90 Å². The van der Waals surface area contributed by atoms with E-state index in [2.05, 4.69) is 30.1 Å². The first-order valence-corrected chi connectivity index (χ1v) is 10.7. The quantitative estimate of drug-likeness (QED) is 0.723. The summed E-state index contributed by atoms with van der Waals surface area (Å²) >= 11 is 0. The van der Waals surface area contributed by atoms with Gasteiger partial charge in [-0.15, -0.1) is 0 Å². The molecule has 0 saturated carbocycles. The van der Waals surface area contributed by atoms with Crippen LogP contribution in [-0.4, -0.2) is 30.8 Å². The molecule has 0 bridgehead atoms. The van der Waals surface area contributed by atoms with E-state index in [1.807, 2.05) is 32.2 Å². The SMILES string of the molecule is Cc1ccc(S(=O)(=O)N2CC=C(c3c[nH]c4c(C)cccc34)CC2)cc1C. The van der Waals surface area contributed by atoms with Crippen LogP contribution in [0.5, 0.6) is 0 Å². The van der Waals surface area contributed by atoms with Crippen molar-refractivity contribution in [1.82, 2.24) is 9.29 Å². The minimum absolute atomic E-state index is 0.380. The molecule has 0 radical (unpaired) electrons. The van der Waals surface area contributed by atoms with Gasteiger partial charge in [-0.3, -0.25) is 0 Å². The first-order valence-electron chi connectivity index (χ1n) is 9.21. The van der Waals surface area contributed by atoms with Crippen LogP contribution in [0.3, 0.4) is 0 Å². The van der Waals surface area contributed by atoms with Gasteiger partial charge in [-0.1, -0.05) is 30.3 Å². The number of nitrogens with zero attached hydrogens (tertiary/aromatic N) is 1. The molecule has 1 aromatic heterocycles. The Morgan fingerprint density at radius 1 is 1.00 bits per heavy atom. The van der Waals surface area contributed by atoms with Gasteiger partial charge >= 0.3 is 0 Å². The first-order chi connectivity index (χ1) is 12.9. The first kappa shape index (κ1) is 18.0. The minimum Gasteiger partial charge on any atom is -0.360 e. The lowest BCUT2D eigenvalue weighted by molar-refractivity contribution is 0.441. The Bertz CT molecular complexity index is 1160. The molecule has 0 unspecified atom stereocenters. The molecule has 3 aromatic rings. The van der Waals surface area contributed by atoms with Crippen molar-refractivity contribution in [3.8, 4) is 0 Å². The number of para-hydroxylation sites is 1. The summed E-state index contributed by atoms with van der Waals surface area (Å²) in [5.41, 5.74) is 6.85. The molecule has 1 aliphatic heterocycles. The lowest BCUT2D eigenvalue weighted by Gasteiger charge is -2.26. The fourth-order valence-electron chi connectivity index (χ4n) is 3.71. The number of nitrogens with one attached hydrogen (secondary N) is 1. The summed E-state index contributed by atoms with van der Waals surface area (Å²) < 4.78 is 27.6. The number of hydrogen-bond donors (Lipinski definition) is 1. The summed E-state index contributed by atoms with van der Waals surface area (Å²) in [6, 6.07) is 11.6. The number of H-pyrrole nitrogens is 1. The zero-order chi connectivity index (χ0) is 19.2. The second kappa shape index (κ2) is 6.66. The largest absolute Gasteiger partial charge is 0.360 e. The van der Waals surface area contributed by atoms with E-state index >= 15 is 0 Å². The van der Waals surface area contributed by atoms with Crippen molar-refractivity contribution in [2.24, 2.45) is 0 Å². The average Bonchev–Trinajstić information content (AvgIpc) is 3.09. The molecular weight excluding hydrogens is 356 g/mol. The van der Waals surface area contributed by atoms with Gasteiger partial charge in [-0.05, 0) is 61.6 Å². The number of rotatable bonds is 3. The van der Waals surface area contributed by atoms with Crippen LogP contribution in [0.15, 0.2) is 53.6 Å². The topological polar surface area (TPSA) is 53.2 Å². The highest BCUT2D eigenvalue weighted by atomic mass is 32.2. The van der Waals surface area contributed by atoms with E-state index < -0.39 is 10.0 Å². The van der Waals surface area contributed by atoms with Gasteiger partial charge in [0.25, 0.3) is 0 Å². The number of hydrogen-bond acceptors (Lipinski definition) is 2. The third-order valence-electron chi connectivity index (χ3n) is 5.56. The van der Waals surface area contributed by atoms with Crippen LogP contribution in [0.4, 0.5) is 0 Å². The number of aromatic amines is 1. The van der Waals surface area contributed by atoms with E-state index in [1.165, 1.54) is 22.1 Å². The van der Waals surface area contributed by atoms with Crippen molar-refractivity contribution in [2.45, 2.75) is 32.1 Å². The van der Waals surface area contributed by atoms with Gasteiger partial charge in [-0.2, -0.15) is 4.31 Å². The minimum atomic E-state index is -3.46. The summed E-state index contributed by atoms with van der Waals surface area (Å²) in [4.78, 5) is 3.74. The van der Waals surface area contributed by atoms with E-state index in [0.29, 0.717) is 24.4 Å². The van der Waals surface area contributed by atoms with Gasteiger partial charge in [0.15, 0.2) is 0 Å². The maximum atomic E-state index is 13.0. The summed E-state index contributed by atoms with van der Waals surface area (Å²) in [6.07, 6.45) is 4.80. The standard InChI is InChI=1S/C22H24N2O2S/c1-15-7-8-19(13-17(15)3)27(25,26)24-11-9-18(10-12-24)21-14-23-22-16(2)5-4-6-20(21)22/h4-9,13-14,23H,10-12H2,1-3H3. The normalized spacial score (nSPS) is 15.9. The smallest absolute Gasteiger partial charge is 0.243 e. The number of aromatic nitrogens is 1. The van der Waals surface area contributed by atoms with E-state index in [1.54, 1.807) is 16.4 Å². The molecule has 27 heavy (non-hydrogen) atoms. The predicted octanol–water partition coefficient (Wildman–Crippen LogP) is 4.57. The number of benzene rings is 2. The Labute approximate surface area is 160 Å². The van der Waals surface area contributed by atoms with Crippen LogP contribution in [0.1, 0.15) is 28.7 Å². The van der Waals surface area contributed by atoms with Crippen molar-refractivity contribution in [2.75, 3.05) is 13.1 Å². The Hall–Kier alpha value is -2.37. The van der Waals surface area contributed by atoms with E-state index in [0.717, 1.165) is 16.6 Å². The van der Waals surface area contributed by atoms with Crippen molar-refractivity contribution < 1.29 is 8.42 Å². The molecule has 0 spiro atoms. The van der Waals surface area contributed by atoms with Gasteiger partial charge in [0.2, 0.25) is 10.0 Å². The van der Waals surface area contributed by atoms with E-state index in [-0.39, 0.29) is 0 Å². The summed E-state index contributed by atoms with van der Waals surface area (Å²) in [5.74, 6) is 0. The zero-order valence-electron chi connectivity index (χ0n) is 15.9. The molecule has 5 heteroatoms. The van der Waals surface area contributed by atoms with Crippen molar-refractivity contribution >= 4 is 26.5 Å². The highest BCUT2D eigenvalue weighted by Gasteiger charge is 2.27. The lowest BCUT2D eigenvalue weighted by Crippen LogP contribution is -2.34. The van der Waals surface area contributed by atoms with Gasteiger partial charge in [-0.25, -0.2) is 8.42 Å². The van der Waals surface area contributed by atoms with Crippen LogP contribution in [0.2, 0.25) is 0 Å². The molecule has 140 valence electrons. The Kier molecular flexibility index (Phi) is 4.44. The fraction of sp³-hybridized carbons (Fsp3) is 0.273. The fourth-order valence-corrected chi connectivity index (χ4v) is 5.17. The molecule has 4 nitrogen and oxygen atoms in total. The summed E-state index contributed by atoms with van der Waals surface area (Å²) in [6.45, 7) is 6.94. The number of sulfonamides is 1. The van der Waals surface area contributed by atoms with Crippen LogP contribution in [0, 0.1) is 20.8 Å². The van der Waals surface area contributed by atoms with Crippen LogP contribution < -0.4 is 0 Å². The van der Waals surface area contributed by atoms with Crippen LogP contribution in [-0.2, 0) is 10.0 Å². The van der Waals surface area contributed by atoms with Crippen molar-refractivity contribution in [3.63, 3.8) is 0 Å². The van der Waals surface area contributed by atoms with Gasteiger partial charge in [0, 0.05) is 35.8 Å². The lowest BCUT2D eigenvalue weighted by atomic mass is 9.99. The monoisotopic (exact) mass is 380 g/mol. The predicted molar refractivity (Wildman–Crippen MR) is 110 cm³/mol. The molecule has 2 aromatic carbocycles. The number of fused-ring (bicyclic) bond motifs is 1.